The summed E-state index contributed by atoms with van der Waals surface area (Å²) < 4.78 is 5.09. The average molecular weight is 244 g/mol. The second-order valence-electron chi connectivity index (χ2n) is 4.69. The molecule has 2 rings (SSSR count). The lowest BCUT2D eigenvalue weighted by atomic mass is 10.1. The monoisotopic (exact) mass is 244 g/mol. The first-order chi connectivity index (χ1) is 8.67. The molecule has 1 aromatic carbocycles. The van der Waals surface area contributed by atoms with Gasteiger partial charge in [-0.3, -0.25) is 0 Å². The van der Waals surface area contributed by atoms with Gasteiger partial charge in [0.1, 0.15) is 5.76 Å². The second-order valence-corrected chi connectivity index (χ2v) is 4.69. The van der Waals surface area contributed by atoms with Crippen molar-refractivity contribution in [3.63, 3.8) is 0 Å². The van der Waals surface area contributed by atoms with Gasteiger partial charge in [-0.1, -0.05) is 52.0 Å². The Labute approximate surface area is 111 Å². The van der Waals surface area contributed by atoms with E-state index in [-0.39, 0.29) is 0 Å². The van der Waals surface area contributed by atoms with Crippen LogP contribution in [0, 0.1) is 0 Å². The van der Waals surface area contributed by atoms with Crippen molar-refractivity contribution in [2.45, 2.75) is 46.5 Å². The molecule has 0 bridgehead atoms. The van der Waals surface area contributed by atoms with Crippen LogP contribution in [-0.4, -0.2) is 0 Å². The lowest BCUT2D eigenvalue weighted by Crippen LogP contribution is -1.81. The summed E-state index contributed by atoms with van der Waals surface area (Å²) in [6.07, 6.45) is 3.99. The molecule has 18 heavy (non-hydrogen) atoms. The van der Waals surface area contributed by atoms with E-state index in [2.05, 4.69) is 52.0 Å². The van der Waals surface area contributed by atoms with Crippen LogP contribution in [0.15, 0.2) is 47.1 Å². The topological polar surface area (TPSA) is 13.1 Å². The molecule has 98 valence electrons. The Balaban J connectivity index is 0.000000184. The minimum atomic E-state index is 0.519. The van der Waals surface area contributed by atoms with E-state index in [1.807, 2.05) is 12.1 Å². The molecule has 0 atom stereocenters. The quantitative estimate of drug-likeness (QED) is 0.722. The summed E-state index contributed by atoms with van der Waals surface area (Å²) in [5.74, 6) is 1.58. The highest BCUT2D eigenvalue weighted by Crippen LogP contribution is 2.12. The van der Waals surface area contributed by atoms with Crippen molar-refractivity contribution in [2.75, 3.05) is 0 Å². The van der Waals surface area contributed by atoms with Crippen LogP contribution in [0.25, 0.3) is 0 Å². The lowest BCUT2D eigenvalue weighted by Gasteiger charge is -1.97. The van der Waals surface area contributed by atoms with Gasteiger partial charge in [0.15, 0.2) is 0 Å². The maximum Gasteiger partial charge on any atom is 0.106 e. The third-order valence-corrected chi connectivity index (χ3v) is 2.95. The molecule has 1 heteroatoms. The van der Waals surface area contributed by atoms with Crippen molar-refractivity contribution in [1.29, 1.82) is 0 Å². The molecule has 0 aliphatic heterocycles. The van der Waals surface area contributed by atoms with Crippen LogP contribution < -0.4 is 0 Å². The maximum absolute atomic E-state index is 5.09. The van der Waals surface area contributed by atoms with E-state index in [1.165, 1.54) is 11.1 Å². The van der Waals surface area contributed by atoms with E-state index in [0.29, 0.717) is 5.92 Å². The molecule has 0 unspecified atom stereocenters. The summed E-state index contributed by atoms with van der Waals surface area (Å²) >= 11 is 0. The second kappa shape index (κ2) is 7.75. The zero-order chi connectivity index (χ0) is 13.4. The van der Waals surface area contributed by atoms with Gasteiger partial charge in [-0.2, -0.15) is 0 Å². The summed E-state index contributed by atoms with van der Waals surface area (Å²) in [6.45, 7) is 8.58. The van der Waals surface area contributed by atoms with Crippen LogP contribution in [0.2, 0.25) is 0 Å². The first-order valence-corrected chi connectivity index (χ1v) is 6.78. The van der Waals surface area contributed by atoms with Crippen LogP contribution in [0.5, 0.6) is 0 Å². The van der Waals surface area contributed by atoms with E-state index in [1.54, 1.807) is 6.26 Å². The van der Waals surface area contributed by atoms with Crippen LogP contribution in [-0.2, 0) is 12.8 Å². The number of furan rings is 1. The highest BCUT2D eigenvalue weighted by Gasteiger charge is 1.97. The number of aryl methyl sites for hydroxylation is 2. The number of hydrogen-bond acceptors (Lipinski definition) is 1. The van der Waals surface area contributed by atoms with Crippen LogP contribution in [0.1, 0.15) is 50.5 Å². The highest BCUT2D eigenvalue weighted by atomic mass is 16.3. The van der Waals surface area contributed by atoms with E-state index < -0.39 is 0 Å². The zero-order valence-electron chi connectivity index (χ0n) is 11.9. The predicted molar refractivity (Wildman–Crippen MR) is 78.0 cm³/mol. The fourth-order valence-electron chi connectivity index (χ4n) is 1.63. The van der Waals surface area contributed by atoms with E-state index in [4.69, 9.17) is 4.42 Å². The van der Waals surface area contributed by atoms with Gasteiger partial charge in [-0.15, -0.1) is 0 Å². The van der Waals surface area contributed by atoms with Crippen molar-refractivity contribution in [2.24, 2.45) is 0 Å². The lowest BCUT2D eigenvalue weighted by molar-refractivity contribution is 0.487. The van der Waals surface area contributed by atoms with Crippen LogP contribution in [0.3, 0.4) is 0 Å². The van der Waals surface area contributed by atoms with Crippen molar-refractivity contribution >= 4 is 0 Å². The smallest absolute Gasteiger partial charge is 0.106 e. The van der Waals surface area contributed by atoms with E-state index >= 15 is 0 Å². The van der Waals surface area contributed by atoms with Gasteiger partial charge in [0.25, 0.3) is 0 Å². The van der Waals surface area contributed by atoms with Gasteiger partial charge >= 0.3 is 0 Å². The normalized spacial score (nSPS) is 10.1. The van der Waals surface area contributed by atoms with Crippen LogP contribution >= 0.6 is 0 Å². The summed E-state index contributed by atoms with van der Waals surface area (Å²) in [5.41, 5.74) is 2.86. The first kappa shape index (κ1) is 14.6. The number of hydrogen-bond donors (Lipinski definition) is 0. The molecule has 0 radical (unpaired) electrons. The van der Waals surface area contributed by atoms with Gasteiger partial charge in [0.05, 0.1) is 6.26 Å². The summed E-state index contributed by atoms with van der Waals surface area (Å²) in [4.78, 5) is 0. The van der Waals surface area contributed by atoms with Gasteiger partial charge < -0.3 is 4.42 Å². The Morgan fingerprint density at radius 2 is 1.39 bits per heavy atom. The fraction of sp³-hybridized carbons (Fsp3) is 0.412. The standard InChI is InChI=1S/C10H14.C7H10O/c1-3-9-5-7-10(4-2)8-6-9;1-6(2)7-4-3-5-8-7/h5-8H,3-4H2,1-2H3;3-6H,1-2H3. The molecule has 0 spiro atoms. The van der Waals surface area contributed by atoms with Crippen molar-refractivity contribution in [1.82, 2.24) is 0 Å². The van der Waals surface area contributed by atoms with Gasteiger partial charge in [-0.05, 0) is 36.1 Å². The molecule has 0 aliphatic carbocycles. The zero-order valence-corrected chi connectivity index (χ0v) is 11.9. The summed E-state index contributed by atoms with van der Waals surface area (Å²) in [6, 6.07) is 12.7. The molecule has 1 nitrogen and oxygen atoms in total. The van der Waals surface area contributed by atoms with Crippen LogP contribution in [0.4, 0.5) is 0 Å². The van der Waals surface area contributed by atoms with Crippen molar-refractivity contribution in [3.05, 3.63) is 59.5 Å². The van der Waals surface area contributed by atoms with E-state index in [0.717, 1.165) is 18.6 Å². The Hall–Kier alpha value is -1.50. The molecule has 0 N–H and O–H groups in total. The molecule has 0 saturated carbocycles. The number of rotatable bonds is 3. The molecule has 0 fully saturated rings. The molecule has 1 aromatic heterocycles. The fourth-order valence-corrected chi connectivity index (χ4v) is 1.63. The largest absolute Gasteiger partial charge is 0.469 e. The molecular formula is C17H24O. The first-order valence-electron chi connectivity index (χ1n) is 6.78. The minimum absolute atomic E-state index is 0.519. The molecule has 2 aromatic rings. The van der Waals surface area contributed by atoms with Gasteiger partial charge in [0, 0.05) is 5.92 Å². The highest BCUT2D eigenvalue weighted by molar-refractivity contribution is 5.22. The SMILES string of the molecule is CC(C)c1ccco1.CCc1ccc(CC)cc1. The average Bonchev–Trinajstić information content (AvgIpc) is 2.94. The third-order valence-electron chi connectivity index (χ3n) is 2.95. The van der Waals surface area contributed by atoms with Crippen molar-refractivity contribution in [3.8, 4) is 0 Å². The Kier molecular flexibility index (Phi) is 6.27. The Morgan fingerprint density at radius 3 is 1.61 bits per heavy atom. The van der Waals surface area contributed by atoms with Gasteiger partial charge in [-0.25, -0.2) is 0 Å². The molecule has 0 amide bonds. The Morgan fingerprint density at radius 1 is 0.889 bits per heavy atom. The molecule has 1 heterocycles. The molecular weight excluding hydrogens is 220 g/mol. The maximum atomic E-state index is 5.09. The predicted octanol–water partition coefficient (Wildman–Crippen LogP) is 5.21. The van der Waals surface area contributed by atoms with Gasteiger partial charge in [0.2, 0.25) is 0 Å². The molecule has 0 saturated heterocycles. The molecule has 0 aliphatic rings. The minimum Gasteiger partial charge on any atom is -0.469 e. The van der Waals surface area contributed by atoms with E-state index in [9.17, 15) is 0 Å². The van der Waals surface area contributed by atoms with Crippen molar-refractivity contribution < 1.29 is 4.42 Å². The summed E-state index contributed by atoms with van der Waals surface area (Å²) in [5, 5.41) is 0. The third kappa shape index (κ3) is 4.79. The summed E-state index contributed by atoms with van der Waals surface area (Å²) in [7, 11) is 0. The number of benzene rings is 1. The Bertz CT molecular complexity index is 386.